The molecule has 1 amide bonds. The third kappa shape index (κ3) is 3.29. The number of nitro groups is 1. The third-order valence-corrected chi connectivity index (χ3v) is 3.32. The molecule has 6 heteroatoms. The molecule has 2 N–H and O–H groups in total. The van der Waals surface area contributed by atoms with Crippen LogP contribution in [0.1, 0.15) is 18.4 Å². The van der Waals surface area contributed by atoms with Crippen molar-refractivity contribution in [2.75, 3.05) is 18.4 Å². The highest BCUT2D eigenvalue weighted by Crippen LogP contribution is 2.26. The van der Waals surface area contributed by atoms with Gasteiger partial charge in [-0.3, -0.25) is 14.9 Å². The summed E-state index contributed by atoms with van der Waals surface area (Å²) in [6, 6.07) is 4.73. The number of nitrogens with zero attached hydrogens (tertiary/aromatic N) is 1. The van der Waals surface area contributed by atoms with Crippen molar-refractivity contribution < 1.29 is 9.72 Å². The molecule has 0 saturated carbocycles. The normalized spacial score (nSPS) is 16.1. The lowest BCUT2D eigenvalue weighted by molar-refractivity contribution is -0.383. The van der Waals surface area contributed by atoms with Gasteiger partial charge in [0.15, 0.2) is 0 Å². The van der Waals surface area contributed by atoms with E-state index in [0.717, 1.165) is 31.5 Å². The fraction of sp³-hybridized carbons (Fsp3) is 0.462. The van der Waals surface area contributed by atoms with Crippen molar-refractivity contribution in [1.82, 2.24) is 5.32 Å². The Hall–Kier alpha value is -1.95. The first kappa shape index (κ1) is 13.5. The number of anilines is 1. The number of hydrogen-bond donors (Lipinski definition) is 2. The average Bonchev–Trinajstić information content (AvgIpc) is 2.39. The maximum Gasteiger partial charge on any atom is 0.292 e. The number of carbonyl (C=O) groups excluding carboxylic acids is 1. The maximum absolute atomic E-state index is 12.1. The van der Waals surface area contributed by atoms with E-state index in [1.54, 1.807) is 12.1 Å². The van der Waals surface area contributed by atoms with Gasteiger partial charge in [0.05, 0.1) is 4.92 Å². The molecule has 0 atom stereocenters. The van der Waals surface area contributed by atoms with Gasteiger partial charge in [0.2, 0.25) is 5.91 Å². The van der Waals surface area contributed by atoms with Crippen molar-refractivity contribution in [1.29, 1.82) is 0 Å². The summed E-state index contributed by atoms with van der Waals surface area (Å²) in [5.74, 6) is -0.198. The van der Waals surface area contributed by atoms with Crippen LogP contribution in [0, 0.1) is 23.0 Å². The summed E-state index contributed by atoms with van der Waals surface area (Å²) < 4.78 is 0. The van der Waals surface area contributed by atoms with Crippen LogP contribution in [-0.4, -0.2) is 23.9 Å². The second-order valence-electron chi connectivity index (χ2n) is 4.79. The van der Waals surface area contributed by atoms with Crippen molar-refractivity contribution in [3.05, 3.63) is 33.9 Å². The van der Waals surface area contributed by atoms with E-state index in [0.29, 0.717) is 0 Å². The number of piperidine rings is 1. The minimum absolute atomic E-state index is 0.0621. The molecule has 1 heterocycles. The molecule has 0 spiro atoms. The number of nitro benzene ring substituents is 1. The van der Waals surface area contributed by atoms with E-state index in [4.69, 9.17) is 0 Å². The molecule has 2 rings (SSSR count). The first-order valence-electron chi connectivity index (χ1n) is 6.34. The predicted octanol–water partition coefficient (Wildman–Crippen LogP) is 1.84. The van der Waals surface area contributed by atoms with Gasteiger partial charge < -0.3 is 10.6 Å². The topological polar surface area (TPSA) is 84.3 Å². The van der Waals surface area contributed by atoms with Crippen molar-refractivity contribution >= 4 is 17.3 Å². The van der Waals surface area contributed by atoms with Gasteiger partial charge in [-0.2, -0.15) is 0 Å². The molecule has 6 nitrogen and oxygen atoms in total. The minimum Gasteiger partial charge on any atom is -0.320 e. The monoisotopic (exact) mass is 263 g/mol. The molecule has 0 aromatic heterocycles. The molecule has 0 radical (unpaired) electrons. The molecule has 0 unspecified atom stereocenters. The number of benzene rings is 1. The highest BCUT2D eigenvalue weighted by molar-refractivity contribution is 5.94. The Kier molecular flexibility index (Phi) is 4.11. The van der Waals surface area contributed by atoms with Crippen LogP contribution in [0.3, 0.4) is 0 Å². The molecule has 1 aromatic rings. The van der Waals surface area contributed by atoms with E-state index in [1.165, 1.54) is 6.07 Å². The highest BCUT2D eigenvalue weighted by Gasteiger charge is 2.23. The molecular formula is C13H17N3O3. The van der Waals surface area contributed by atoms with Crippen molar-refractivity contribution in [2.24, 2.45) is 5.92 Å². The van der Waals surface area contributed by atoms with Crippen LogP contribution >= 0.6 is 0 Å². The number of rotatable bonds is 3. The Morgan fingerprint density at radius 1 is 1.42 bits per heavy atom. The molecule has 1 aliphatic heterocycles. The first-order chi connectivity index (χ1) is 9.08. The Morgan fingerprint density at radius 2 is 2.11 bits per heavy atom. The Balaban J connectivity index is 2.15. The van der Waals surface area contributed by atoms with Crippen LogP contribution in [0.15, 0.2) is 18.2 Å². The van der Waals surface area contributed by atoms with Crippen LogP contribution in [0.5, 0.6) is 0 Å². The van der Waals surface area contributed by atoms with Gasteiger partial charge >= 0.3 is 0 Å². The molecule has 1 fully saturated rings. The summed E-state index contributed by atoms with van der Waals surface area (Å²) in [5, 5.41) is 16.8. The van der Waals surface area contributed by atoms with E-state index in [9.17, 15) is 14.9 Å². The van der Waals surface area contributed by atoms with E-state index in [1.807, 2.05) is 6.92 Å². The van der Waals surface area contributed by atoms with Crippen LogP contribution in [-0.2, 0) is 4.79 Å². The molecule has 0 bridgehead atoms. The third-order valence-electron chi connectivity index (χ3n) is 3.32. The lowest BCUT2D eigenvalue weighted by atomic mass is 9.97. The zero-order chi connectivity index (χ0) is 13.8. The quantitative estimate of drug-likeness (QED) is 0.643. The number of aryl methyl sites for hydroxylation is 1. The molecule has 1 aromatic carbocycles. The van der Waals surface area contributed by atoms with Crippen molar-refractivity contribution in [3.63, 3.8) is 0 Å². The van der Waals surface area contributed by atoms with Gasteiger partial charge in [0.25, 0.3) is 5.69 Å². The summed E-state index contributed by atoms with van der Waals surface area (Å²) in [6.07, 6.45) is 1.54. The summed E-state index contributed by atoms with van der Waals surface area (Å²) in [6.45, 7) is 3.46. The molecular weight excluding hydrogens is 246 g/mol. The van der Waals surface area contributed by atoms with Gasteiger partial charge in [0.1, 0.15) is 5.69 Å². The maximum atomic E-state index is 12.1. The lowest BCUT2D eigenvalue weighted by Gasteiger charge is -2.21. The number of carbonyl (C=O) groups is 1. The standard InChI is InChI=1S/C13H17N3O3/c1-9-2-3-12(16(18)19)11(8-9)15-13(17)10-4-6-14-7-5-10/h2-3,8,10,14H,4-7H2,1H3,(H,15,17). The van der Waals surface area contributed by atoms with Gasteiger partial charge in [-0.25, -0.2) is 0 Å². The fourth-order valence-corrected chi connectivity index (χ4v) is 2.23. The molecule has 1 aliphatic rings. The molecule has 1 saturated heterocycles. The van der Waals surface area contributed by atoms with Gasteiger partial charge in [-0.15, -0.1) is 0 Å². The van der Waals surface area contributed by atoms with Gasteiger partial charge in [-0.1, -0.05) is 6.07 Å². The van der Waals surface area contributed by atoms with E-state index < -0.39 is 4.92 Å². The Morgan fingerprint density at radius 3 is 2.74 bits per heavy atom. The van der Waals surface area contributed by atoms with Crippen molar-refractivity contribution in [2.45, 2.75) is 19.8 Å². The average molecular weight is 263 g/mol. The number of nitrogens with one attached hydrogen (secondary N) is 2. The smallest absolute Gasteiger partial charge is 0.292 e. The van der Waals surface area contributed by atoms with Crippen LogP contribution in [0.4, 0.5) is 11.4 Å². The molecule has 0 aliphatic carbocycles. The largest absolute Gasteiger partial charge is 0.320 e. The van der Waals surface area contributed by atoms with Crippen LogP contribution in [0.25, 0.3) is 0 Å². The second-order valence-corrected chi connectivity index (χ2v) is 4.79. The number of hydrogen-bond acceptors (Lipinski definition) is 4. The zero-order valence-corrected chi connectivity index (χ0v) is 10.8. The highest BCUT2D eigenvalue weighted by atomic mass is 16.6. The first-order valence-corrected chi connectivity index (χ1v) is 6.34. The molecule has 102 valence electrons. The number of amides is 1. The fourth-order valence-electron chi connectivity index (χ4n) is 2.23. The minimum atomic E-state index is -0.475. The summed E-state index contributed by atoms with van der Waals surface area (Å²) >= 11 is 0. The van der Waals surface area contributed by atoms with Gasteiger partial charge in [0, 0.05) is 12.0 Å². The lowest BCUT2D eigenvalue weighted by Crippen LogP contribution is -2.34. The SMILES string of the molecule is Cc1ccc([N+](=O)[O-])c(NC(=O)C2CCNCC2)c1. The van der Waals surface area contributed by atoms with Crippen LogP contribution in [0.2, 0.25) is 0 Å². The van der Waals surface area contributed by atoms with E-state index >= 15 is 0 Å². The Labute approximate surface area is 111 Å². The van der Waals surface area contributed by atoms with Gasteiger partial charge in [-0.05, 0) is 44.5 Å². The molecule has 19 heavy (non-hydrogen) atoms. The van der Waals surface area contributed by atoms with E-state index in [2.05, 4.69) is 10.6 Å². The summed E-state index contributed by atoms with van der Waals surface area (Å²) in [7, 11) is 0. The zero-order valence-electron chi connectivity index (χ0n) is 10.8. The van der Waals surface area contributed by atoms with E-state index in [-0.39, 0.29) is 23.2 Å². The second kappa shape index (κ2) is 5.79. The van der Waals surface area contributed by atoms with Crippen LogP contribution < -0.4 is 10.6 Å². The summed E-state index contributed by atoms with van der Waals surface area (Å²) in [4.78, 5) is 22.6. The van der Waals surface area contributed by atoms with Crippen molar-refractivity contribution in [3.8, 4) is 0 Å². The predicted molar refractivity (Wildman–Crippen MR) is 72.1 cm³/mol. The summed E-state index contributed by atoms with van der Waals surface area (Å²) in [5.41, 5.74) is 1.10. The Bertz CT molecular complexity index is 496.